The second kappa shape index (κ2) is 7.73. The number of aromatic nitrogens is 1. The van der Waals surface area contributed by atoms with Crippen LogP contribution in [0, 0.1) is 5.82 Å². The largest absolute Gasteiger partial charge is 0.457 e. The van der Waals surface area contributed by atoms with E-state index in [1.807, 2.05) is 48.0 Å². The van der Waals surface area contributed by atoms with Gasteiger partial charge in [-0.25, -0.2) is 9.18 Å². The molecule has 0 atom stereocenters. The zero-order valence-corrected chi connectivity index (χ0v) is 19.3. The van der Waals surface area contributed by atoms with Gasteiger partial charge in [-0.1, -0.05) is 69.3 Å². The van der Waals surface area contributed by atoms with Crippen LogP contribution in [0.4, 0.5) is 4.39 Å². The Morgan fingerprint density at radius 3 is 2.39 bits per heavy atom. The summed E-state index contributed by atoms with van der Waals surface area (Å²) in [5.74, 6) is -0.695. The van der Waals surface area contributed by atoms with Crippen molar-refractivity contribution in [1.29, 1.82) is 0 Å². The van der Waals surface area contributed by atoms with Crippen molar-refractivity contribution in [2.24, 2.45) is 7.05 Å². The van der Waals surface area contributed by atoms with E-state index in [1.165, 1.54) is 17.7 Å². The summed E-state index contributed by atoms with van der Waals surface area (Å²) in [5.41, 5.74) is 4.07. The first-order chi connectivity index (χ1) is 15.7. The molecule has 166 valence electrons. The molecule has 5 aromatic rings. The molecule has 3 nitrogen and oxygen atoms in total. The molecule has 4 aromatic carbocycles. The van der Waals surface area contributed by atoms with Crippen LogP contribution in [-0.2, 0) is 23.8 Å². The minimum Gasteiger partial charge on any atom is -0.457 e. The van der Waals surface area contributed by atoms with E-state index < -0.39 is 5.97 Å². The summed E-state index contributed by atoms with van der Waals surface area (Å²) in [6.07, 6.45) is 0. The van der Waals surface area contributed by atoms with Gasteiger partial charge in [-0.2, -0.15) is 0 Å². The van der Waals surface area contributed by atoms with E-state index in [0.29, 0.717) is 5.56 Å². The number of hydrogen-bond donors (Lipinski definition) is 0. The number of aryl methyl sites for hydroxylation is 1. The summed E-state index contributed by atoms with van der Waals surface area (Å²) >= 11 is 0. The number of nitrogens with zero attached hydrogens (tertiary/aromatic N) is 1. The highest BCUT2D eigenvalue weighted by atomic mass is 19.1. The fraction of sp³-hybridized carbons (Fsp3) is 0.207. The Kier molecular flexibility index (Phi) is 4.97. The summed E-state index contributed by atoms with van der Waals surface area (Å²) in [4.78, 5) is 13.3. The summed E-state index contributed by atoms with van der Waals surface area (Å²) in [6.45, 7) is 6.70. The second-order valence-electron chi connectivity index (χ2n) is 9.62. The number of carbonyl (C=O) groups is 1. The molecule has 1 heterocycles. The molecule has 5 rings (SSSR count). The van der Waals surface area contributed by atoms with Crippen molar-refractivity contribution in [1.82, 2.24) is 4.57 Å². The molecule has 0 amide bonds. The molecule has 0 aliphatic carbocycles. The summed E-state index contributed by atoms with van der Waals surface area (Å²) in [6, 6.07) is 22.7. The number of esters is 1. The lowest BCUT2D eigenvalue weighted by atomic mass is 9.85. The lowest BCUT2D eigenvalue weighted by molar-refractivity contribution is 0.0475. The predicted molar refractivity (Wildman–Crippen MR) is 132 cm³/mol. The van der Waals surface area contributed by atoms with E-state index in [1.54, 1.807) is 6.07 Å². The molecule has 0 radical (unpaired) electrons. The first-order valence-corrected chi connectivity index (χ1v) is 11.1. The Labute approximate surface area is 192 Å². The van der Waals surface area contributed by atoms with Crippen LogP contribution in [0.5, 0.6) is 0 Å². The van der Waals surface area contributed by atoms with E-state index in [4.69, 9.17) is 4.74 Å². The van der Waals surface area contributed by atoms with Gasteiger partial charge in [0.05, 0.1) is 16.6 Å². The van der Waals surface area contributed by atoms with Crippen molar-refractivity contribution in [3.63, 3.8) is 0 Å². The van der Waals surface area contributed by atoms with E-state index in [2.05, 4.69) is 39.0 Å². The first kappa shape index (κ1) is 21.2. The molecule has 1 aromatic heterocycles. The van der Waals surface area contributed by atoms with Crippen molar-refractivity contribution < 1.29 is 13.9 Å². The Bertz CT molecular complexity index is 1520. The van der Waals surface area contributed by atoms with Gasteiger partial charge in [0.25, 0.3) is 0 Å². The van der Waals surface area contributed by atoms with Gasteiger partial charge in [0, 0.05) is 17.8 Å². The maximum atomic E-state index is 14.1. The topological polar surface area (TPSA) is 31.2 Å². The van der Waals surface area contributed by atoms with Gasteiger partial charge in [0.2, 0.25) is 0 Å². The molecule has 0 spiro atoms. The number of rotatable bonds is 3. The quantitative estimate of drug-likeness (QED) is 0.277. The third kappa shape index (κ3) is 3.66. The Balaban J connectivity index is 1.76. The van der Waals surface area contributed by atoms with Crippen molar-refractivity contribution in [3.8, 4) is 0 Å². The average Bonchev–Trinajstić information content (AvgIpc) is 3.09. The highest BCUT2D eigenvalue weighted by Crippen LogP contribution is 2.38. The fourth-order valence-corrected chi connectivity index (χ4v) is 4.55. The van der Waals surface area contributed by atoms with Crippen LogP contribution in [0.15, 0.2) is 72.8 Å². The number of benzene rings is 4. The molecular weight excluding hydrogens is 413 g/mol. The van der Waals surface area contributed by atoms with Crippen molar-refractivity contribution in [2.75, 3.05) is 0 Å². The zero-order valence-electron chi connectivity index (χ0n) is 19.3. The number of ether oxygens (including phenoxy) is 1. The molecule has 0 saturated heterocycles. The number of fused-ring (bicyclic) bond motifs is 5. The van der Waals surface area contributed by atoms with Crippen LogP contribution in [0.2, 0.25) is 0 Å². The molecule has 0 bridgehead atoms. The third-order valence-corrected chi connectivity index (χ3v) is 6.34. The summed E-state index contributed by atoms with van der Waals surface area (Å²) in [7, 11) is 1.87. The Morgan fingerprint density at radius 2 is 1.67 bits per heavy atom. The van der Waals surface area contributed by atoms with Crippen LogP contribution >= 0.6 is 0 Å². The first-order valence-electron chi connectivity index (χ1n) is 11.1. The van der Waals surface area contributed by atoms with Crippen LogP contribution in [0.1, 0.15) is 42.3 Å². The molecule has 0 saturated carbocycles. The summed E-state index contributed by atoms with van der Waals surface area (Å²) in [5, 5.41) is 3.87. The molecule has 0 aliphatic heterocycles. The average molecular weight is 440 g/mol. The van der Waals surface area contributed by atoms with Gasteiger partial charge < -0.3 is 9.30 Å². The van der Waals surface area contributed by atoms with Crippen molar-refractivity contribution in [3.05, 3.63) is 95.3 Å². The van der Waals surface area contributed by atoms with E-state index in [0.717, 1.165) is 38.1 Å². The highest BCUT2D eigenvalue weighted by Gasteiger charge is 2.22. The van der Waals surface area contributed by atoms with Crippen LogP contribution in [-0.4, -0.2) is 10.5 Å². The van der Waals surface area contributed by atoms with Crippen LogP contribution < -0.4 is 0 Å². The SMILES string of the molecule is Cn1c2cc(F)ccc2c2c3ccc(C(C)(C)C)cc3cc(C(=O)OCc3ccccc3)c21. The van der Waals surface area contributed by atoms with Gasteiger partial charge in [0.1, 0.15) is 12.4 Å². The maximum absolute atomic E-state index is 14.1. The smallest absolute Gasteiger partial charge is 0.340 e. The van der Waals surface area contributed by atoms with E-state index in [9.17, 15) is 9.18 Å². The molecule has 0 aliphatic rings. The van der Waals surface area contributed by atoms with E-state index in [-0.39, 0.29) is 17.8 Å². The molecular formula is C29H26FNO2. The van der Waals surface area contributed by atoms with Crippen LogP contribution in [0.25, 0.3) is 32.6 Å². The monoisotopic (exact) mass is 439 g/mol. The normalized spacial score (nSPS) is 12.0. The molecule has 0 fully saturated rings. The van der Waals surface area contributed by atoms with Gasteiger partial charge in [-0.3, -0.25) is 0 Å². The fourth-order valence-electron chi connectivity index (χ4n) is 4.55. The summed E-state index contributed by atoms with van der Waals surface area (Å²) < 4.78 is 21.7. The Morgan fingerprint density at radius 1 is 0.939 bits per heavy atom. The van der Waals surface area contributed by atoms with Crippen molar-refractivity contribution >= 4 is 38.5 Å². The predicted octanol–water partition coefficient (Wildman–Crippen LogP) is 7.28. The van der Waals surface area contributed by atoms with Gasteiger partial charge in [-0.15, -0.1) is 0 Å². The maximum Gasteiger partial charge on any atom is 0.340 e. The van der Waals surface area contributed by atoms with Gasteiger partial charge >= 0.3 is 5.97 Å². The standard InChI is InChI=1S/C29H26FNO2/c1-29(2,3)20-10-12-22-19(14-20)15-24(28(32)33-17-18-8-6-5-7-9-18)27-26(22)23-13-11-21(30)16-25(23)31(27)4/h5-16H,17H2,1-4H3. The molecule has 33 heavy (non-hydrogen) atoms. The minimum absolute atomic E-state index is 0.0288. The number of halogens is 1. The van der Waals surface area contributed by atoms with Crippen LogP contribution in [0.3, 0.4) is 0 Å². The number of hydrogen-bond acceptors (Lipinski definition) is 2. The number of carbonyl (C=O) groups excluding carboxylic acids is 1. The van der Waals surface area contributed by atoms with E-state index >= 15 is 0 Å². The molecule has 0 unspecified atom stereocenters. The lowest BCUT2D eigenvalue weighted by Crippen LogP contribution is -2.11. The molecule has 0 N–H and O–H groups in total. The minimum atomic E-state index is -0.390. The molecule has 4 heteroatoms. The Hall–Kier alpha value is -3.66. The zero-order chi connectivity index (χ0) is 23.3. The lowest BCUT2D eigenvalue weighted by Gasteiger charge is -2.20. The second-order valence-corrected chi connectivity index (χ2v) is 9.62. The highest BCUT2D eigenvalue weighted by molar-refractivity contribution is 6.25. The van der Waals surface area contributed by atoms with Crippen molar-refractivity contribution in [2.45, 2.75) is 32.8 Å². The van der Waals surface area contributed by atoms with Gasteiger partial charge in [0.15, 0.2) is 0 Å². The third-order valence-electron chi connectivity index (χ3n) is 6.34. The van der Waals surface area contributed by atoms with Gasteiger partial charge in [-0.05, 0) is 51.6 Å².